The van der Waals surface area contributed by atoms with Gasteiger partial charge < -0.3 is 15.0 Å². The van der Waals surface area contributed by atoms with Crippen molar-refractivity contribution in [2.24, 2.45) is 0 Å². The first kappa shape index (κ1) is 15.1. The Labute approximate surface area is 134 Å². The molecule has 3 rings (SSSR count). The maximum atomic E-state index is 13.2. The van der Waals surface area contributed by atoms with Gasteiger partial charge in [-0.05, 0) is 28.1 Å². The molecule has 1 aromatic heterocycles. The van der Waals surface area contributed by atoms with Crippen LogP contribution in [-0.4, -0.2) is 36.3 Å². The van der Waals surface area contributed by atoms with Gasteiger partial charge in [0.15, 0.2) is 11.6 Å². The molecule has 1 saturated heterocycles. The number of ether oxygens (including phenoxy) is 1. The van der Waals surface area contributed by atoms with Crippen molar-refractivity contribution in [2.45, 2.75) is 0 Å². The van der Waals surface area contributed by atoms with E-state index in [4.69, 9.17) is 4.74 Å². The van der Waals surface area contributed by atoms with Crippen molar-refractivity contribution in [3.8, 4) is 0 Å². The van der Waals surface area contributed by atoms with Crippen LogP contribution in [0.25, 0.3) is 0 Å². The number of hydrogen-bond donors (Lipinski definition) is 1. The van der Waals surface area contributed by atoms with Crippen molar-refractivity contribution in [1.82, 2.24) is 9.97 Å². The summed E-state index contributed by atoms with van der Waals surface area (Å²) in [5, 5.41) is 2.87. The summed E-state index contributed by atoms with van der Waals surface area (Å²) in [7, 11) is 0. The predicted molar refractivity (Wildman–Crippen MR) is 82.4 cm³/mol. The van der Waals surface area contributed by atoms with Crippen molar-refractivity contribution < 1.29 is 13.5 Å². The zero-order chi connectivity index (χ0) is 15.5. The average molecular weight is 371 g/mol. The quantitative estimate of drug-likeness (QED) is 0.899. The van der Waals surface area contributed by atoms with Gasteiger partial charge in [0.25, 0.3) is 0 Å². The molecule has 0 aliphatic carbocycles. The largest absolute Gasteiger partial charge is 0.378 e. The van der Waals surface area contributed by atoms with Crippen LogP contribution >= 0.6 is 15.9 Å². The van der Waals surface area contributed by atoms with E-state index >= 15 is 0 Å². The summed E-state index contributed by atoms with van der Waals surface area (Å²) in [4.78, 5) is 10.6. The van der Waals surface area contributed by atoms with Crippen LogP contribution in [0, 0.1) is 11.6 Å². The lowest BCUT2D eigenvalue weighted by Crippen LogP contribution is -2.37. The Morgan fingerprint density at radius 1 is 1.18 bits per heavy atom. The molecule has 1 N–H and O–H groups in total. The highest BCUT2D eigenvalue weighted by Gasteiger charge is 2.16. The monoisotopic (exact) mass is 370 g/mol. The van der Waals surface area contributed by atoms with Gasteiger partial charge in [0.2, 0.25) is 5.95 Å². The van der Waals surface area contributed by atoms with Crippen molar-refractivity contribution in [1.29, 1.82) is 0 Å². The molecule has 1 aliphatic heterocycles. The summed E-state index contributed by atoms with van der Waals surface area (Å²) < 4.78 is 32.3. The molecule has 116 valence electrons. The Kier molecular flexibility index (Phi) is 4.49. The number of rotatable bonds is 3. The highest BCUT2D eigenvalue weighted by Crippen LogP contribution is 2.26. The average Bonchev–Trinajstić information content (AvgIpc) is 2.54. The fourth-order valence-electron chi connectivity index (χ4n) is 2.12. The molecular formula is C14H13BrF2N4O. The number of benzene rings is 1. The minimum absolute atomic E-state index is 0.315. The second-order valence-corrected chi connectivity index (χ2v) is 5.57. The van der Waals surface area contributed by atoms with E-state index in [1.807, 2.05) is 0 Å². The van der Waals surface area contributed by atoms with Gasteiger partial charge in [-0.15, -0.1) is 0 Å². The van der Waals surface area contributed by atoms with Gasteiger partial charge in [0, 0.05) is 31.0 Å². The van der Waals surface area contributed by atoms with Gasteiger partial charge in [0.1, 0.15) is 5.82 Å². The zero-order valence-electron chi connectivity index (χ0n) is 11.5. The molecule has 1 fully saturated rings. The van der Waals surface area contributed by atoms with E-state index in [1.165, 1.54) is 6.07 Å². The van der Waals surface area contributed by atoms with Crippen LogP contribution in [0.2, 0.25) is 0 Å². The van der Waals surface area contributed by atoms with Crippen molar-refractivity contribution in [3.63, 3.8) is 0 Å². The maximum absolute atomic E-state index is 13.2. The minimum Gasteiger partial charge on any atom is -0.378 e. The Morgan fingerprint density at radius 3 is 2.68 bits per heavy atom. The first-order valence-corrected chi connectivity index (χ1v) is 7.50. The third-order valence-electron chi connectivity index (χ3n) is 3.21. The lowest BCUT2D eigenvalue weighted by atomic mass is 10.3. The molecular weight excluding hydrogens is 358 g/mol. The van der Waals surface area contributed by atoms with Crippen LogP contribution in [0.15, 0.2) is 28.9 Å². The molecule has 2 aromatic rings. The zero-order valence-corrected chi connectivity index (χ0v) is 13.1. The topological polar surface area (TPSA) is 50.3 Å². The maximum Gasteiger partial charge on any atom is 0.229 e. The molecule has 0 spiro atoms. The van der Waals surface area contributed by atoms with Crippen LogP contribution in [0.5, 0.6) is 0 Å². The molecule has 0 unspecified atom stereocenters. The van der Waals surface area contributed by atoms with Crippen molar-refractivity contribution in [2.75, 3.05) is 36.5 Å². The normalized spacial score (nSPS) is 15.0. The van der Waals surface area contributed by atoms with Crippen LogP contribution in [0.3, 0.4) is 0 Å². The molecule has 2 heterocycles. The lowest BCUT2D eigenvalue weighted by Gasteiger charge is -2.28. The Bertz CT molecular complexity index is 680. The number of aromatic nitrogens is 2. The number of nitrogens with one attached hydrogen (secondary N) is 1. The molecule has 0 bridgehead atoms. The highest BCUT2D eigenvalue weighted by atomic mass is 79.9. The molecule has 8 heteroatoms. The summed E-state index contributed by atoms with van der Waals surface area (Å²) in [5.74, 6) is -0.758. The number of morpholine rings is 1. The van der Waals surface area contributed by atoms with Gasteiger partial charge in [0.05, 0.1) is 17.7 Å². The Morgan fingerprint density at radius 2 is 1.95 bits per heavy atom. The van der Waals surface area contributed by atoms with E-state index in [1.54, 1.807) is 6.20 Å². The van der Waals surface area contributed by atoms with Crippen molar-refractivity contribution >= 4 is 33.4 Å². The third kappa shape index (κ3) is 3.33. The van der Waals surface area contributed by atoms with E-state index in [9.17, 15) is 8.78 Å². The summed E-state index contributed by atoms with van der Waals surface area (Å²) in [6.45, 7) is 2.76. The van der Waals surface area contributed by atoms with Gasteiger partial charge in [-0.1, -0.05) is 0 Å². The van der Waals surface area contributed by atoms with Gasteiger partial charge in [-0.25, -0.2) is 13.8 Å². The molecule has 0 saturated carbocycles. The third-order valence-corrected chi connectivity index (χ3v) is 3.77. The standard InChI is InChI=1S/C14H13BrF2N4O/c15-10-8-18-14(19-9-1-2-11(16)12(17)7-9)20-13(10)21-3-5-22-6-4-21/h1-2,7-8H,3-6H2,(H,18,19,20). The molecule has 1 aliphatic rings. The fraction of sp³-hybridized carbons (Fsp3) is 0.286. The van der Waals surface area contributed by atoms with Crippen LogP contribution in [-0.2, 0) is 4.74 Å². The smallest absolute Gasteiger partial charge is 0.229 e. The van der Waals surface area contributed by atoms with E-state index in [0.29, 0.717) is 24.8 Å². The summed E-state index contributed by atoms with van der Waals surface area (Å²) in [6, 6.07) is 3.55. The van der Waals surface area contributed by atoms with Crippen LogP contribution in [0.4, 0.5) is 26.2 Å². The fourth-order valence-corrected chi connectivity index (χ4v) is 2.56. The number of halogens is 3. The summed E-state index contributed by atoms with van der Waals surface area (Å²) in [6.07, 6.45) is 1.63. The van der Waals surface area contributed by atoms with Crippen molar-refractivity contribution in [3.05, 3.63) is 40.5 Å². The van der Waals surface area contributed by atoms with Gasteiger partial charge in [-0.3, -0.25) is 0 Å². The molecule has 22 heavy (non-hydrogen) atoms. The molecule has 0 amide bonds. The predicted octanol–water partition coefficient (Wildman–Crippen LogP) is 3.10. The Hall–Kier alpha value is -1.80. The second kappa shape index (κ2) is 6.53. The van der Waals surface area contributed by atoms with E-state index in [-0.39, 0.29) is 0 Å². The van der Waals surface area contributed by atoms with E-state index in [0.717, 1.165) is 35.5 Å². The number of hydrogen-bond acceptors (Lipinski definition) is 5. The minimum atomic E-state index is -0.921. The van der Waals surface area contributed by atoms with Crippen LogP contribution in [0.1, 0.15) is 0 Å². The number of anilines is 3. The van der Waals surface area contributed by atoms with E-state index in [2.05, 4.69) is 36.1 Å². The molecule has 1 aromatic carbocycles. The SMILES string of the molecule is Fc1ccc(Nc2ncc(Br)c(N3CCOCC3)n2)cc1F. The highest BCUT2D eigenvalue weighted by molar-refractivity contribution is 9.10. The summed E-state index contributed by atoms with van der Waals surface area (Å²) >= 11 is 3.43. The first-order chi connectivity index (χ1) is 10.6. The first-order valence-electron chi connectivity index (χ1n) is 6.71. The Balaban J connectivity index is 1.83. The molecule has 0 radical (unpaired) electrons. The molecule has 0 atom stereocenters. The number of nitrogens with zero attached hydrogens (tertiary/aromatic N) is 3. The second-order valence-electron chi connectivity index (χ2n) is 4.72. The molecule has 5 nitrogen and oxygen atoms in total. The van der Waals surface area contributed by atoms with E-state index < -0.39 is 11.6 Å². The summed E-state index contributed by atoms with van der Waals surface area (Å²) in [5.41, 5.74) is 0.383. The van der Waals surface area contributed by atoms with Gasteiger partial charge >= 0.3 is 0 Å². The van der Waals surface area contributed by atoms with Gasteiger partial charge in [-0.2, -0.15) is 4.98 Å². The lowest BCUT2D eigenvalue weighted by molar-refractivity contribution is 0.122. The van der Waals surface area contributed by atoms with Crippen LogP contribution < -0.4 is 10.2 Å².